The van der Waals surface area contributed by atoms with Crippen LogP contribution in [0.15, 0.2) is 24.3 Å². The molecule has 2 amide bonds. The largest absolute Gasteiger partial charge is 0.465 e. The van der Waals surface area contributed by atoms with Gasteiger partial charge in [0.2, 0.25) is 11.8 Å². The molecule has 1 rings (SSSR count). The van der Waals surface area contributed by atoms with Gasteiger partial charge >= 0.3 is 5.97 Å². The third kappa shape index (κ3) is 5.09. The molecule has 0 bridgehead atoms. The SMILES string of the molecule is CCN(CC)C(=O)CCN(C(C)=O)c1cccc(C(=O)OC)c1. The van der Waals surface area contributed by atoms with Crippen LogP contribution in [0.3, 0.4) is 0 Å². The second-order valence-corrected chi connectivity index (χ2v) is 5.03. The van der Waals surface area contributed by atoms with Gasteiger partial charge in [0.05, 0.1) is 12.7 Å². The van der Waals surface area contributed by atoms with Crippen molar-refractivity contribution in [3.63, 3.8) is 0 Å². The Labute approximate surface area is 137 Å². The summed E-state index contributed by atoms with van der Waals surface area (Å²) >= 11 is 0. The average molecular weight is 320 g/mol. The van der Waals surface area contributed by atoms with E-state index in [1.54, 1.807) is 29.2 Å². The Hall–Kier alpha value is -2.37. The molecule has 0 spiro atoms. The molecule has 6 heteroatoms. The van der Waals surface area contributed by atoms with Gasteiger partial charge in [-0.05, 0) is 32.0 Å². The zero-order chi connectivity index (χ0) is 17.4. The first-order chi connectivity index (χ1) is 10.9. The summed E-state index contributed by atoms with van der Waals surface area (Å²) in [5, 5.41) is 0. The van der Waals surface area contributed by atoms with E-state index >= 15 is 0 Å². The molecule has 0 saturated heterocycles. The average Bonchev–Trinajstić information content (AvgIpc) is 2.55. The maximum absolute atomic E-state index is 12.1. The van der Waals surface area contributed by atoms with Crippen molar-refractivity contribution in [2.45, 2.75) is 27.2 Å². The van der Waals surface area contributed by atoms with Gasteiger partial charge in [0, 0.05) is 38.7 Å². The fraction of sp³-hybridized carbons (Fsp3) is 0.471. The summed E-state index contributed by atoms with van der Waals surface area (Å²) in [6.07, 6.45) is 0.240. The molecule has 0 heterocycles. The summed E-state index contributed by atoms with van der Waals surface area (Å²) in [5.74, 6) is -0.640. The summed E-state index contributed by atoms with van der Waals surface area (Å²) in [7, 11) is 1.31. The Bertz CT molecular complexity index is 567. The van der Waals surface area contributed by atoms with Crippen LogP contribution in [0.1, 0.15) is 37.6 Å². The van der Waals surface area contributed by atoms with Crippen LogP contribution in [-0.2, 0) is 14.3 Å². The van der Waals surface area contributed by atoms with E-state index in [0.717, 1.165) is 0 Å². The van der Waals surface area contributed by atoms with Gasteiger partial charge in [0.15, 0.2) is 0 Å². The molecule has 0 saturated carbocycles. The molecular formula is C17H24N2O4. The Morgan fingerprint density at radius 2 is 1.78 bits per heavy atom. The standard InChI is InChI=1S/C17H24N2O4/c1-5-18(6-2)16(21)10-11-19(13(3)20)15-9-7-8-14(12-15)17(22)23-4/h7-9,12H,5-6,10-11H2,1-4H3. The number of hydrogen-bond acceptors (Lipinski definition) is 4. The highest BCUT2D eigenvalue weighted by Gasteiger charge is 2.17. The molecule has 0 aliphatic carbocycles. The number of carbonyl (C=O) groups excluding carboxylic acids is 3. The molecule has 0 aliphatic rings. The van der Waals surface area contributed by atoms with Crippen molar-refractivity contribution in [1.82, 2.24) is 4.90 Å². The van der Waals surface area contributed by atoms with Gasteiger partial charge in [-0.1, -0.05) is 6.07 Å². The van der Waals surface area contributed by atoms with Gasteiger partial charge in [0.1, 0.15) is 0 Å². The van der Waals surface area contributed by atoms with E-state index in [-0.39, 0.29) is 24.8 Å². The number of benzene rings is 1. The smallest absolute Gasteiger partial charge is 0.337 e. The zero-order valence-corrected chi connectivity index (χ0v) is 14.2. The fourth-order valence-electron chi connectivity index (χ4n) is 2.33. The van der Waals surface area contributed by atoms with Crippen LogP contribution in [0, 0.1) is 0 Å². The minimum Gasteiger partial charge on any atom is -0.465 e. The molecule has 0 aromatic heterocycles. The van der Waals surface area contributed by atoms with Crippen molar-refractivity contribution in [3.8, 4) is 0 Å². The molecule has 0 N–H and O–H groups in total. The van der Waals surface area contributed by atoms with Crippen LogP contribution in [0.4, 0.5) is 5.69 Å². The van der Waals surface area contributed by atoms with Gasteiger partial charge in [0.25, 0.3) is 0 Å². The van der Waals surface area contributed by atoms with Crippen molar-refractivity contribution in [3.05, 3.63) is 29.8 Å². The number of hydrogen-bond donors (Lipinski definition) is 0. The minimum atomic E-state index is -0.463. The molecule has 0 unspecified atom stereocenters. The van der Waals surface area contributed by atoms with Crippen molar-refractivity contribution in [1.29, 1.82) is 0 Å². The molecule has 1 aromatic rings. The van der Waals surface area contributed by atoms with E-state index in [9.17, 15) is 14.4 Å². The van der Waals surface area contributed by atoms with Gasteiger partial charge in [-0.2, -0.15) is 0 Å². The van der Waals surface area contributed by atoms with Crippen molar-refractivity contribution in [2.75, 3.05) is 31.6 Å². The molecule has 0 radical (unpaired) electrons. The van der Waals surface area contributed by atoms with Gasteiger partial charge in [-0.3, -0.25) is 9.59 Å². The number of amides is 2. The number of rotatable bonds is 7. The van der Waals surface area contributed by atoms with Crippen LogP contribution >= 0.6 is 0 Å². The van der Waals surface area contributed by atoms with Crippen LogP contribution in [0.25, 0.3) is 0 Å². The highest BCUT2D eigenvalue weighted by molar-refractivity contribution is 5.95. The second-order valence-electron chi connectivity index (χ2n) is 5.03. The van der Waals surface area contributed by atoms with E-state index in [0.29, 0.717) is 24.3 Å². The van der Waals surface area contributed by atoms with E-state index in [1.165, 1.54) is 18.9 Å². The van der Waals surface area contributed by atoms with Crippen molar-refractivity contribution >= 4 is 23.5 Å². The first-order valence-corrected chi connectivity index (χ1v) is 7.68. The predicted molar refractivity (Wildman–Crippen MR) is 88.4 cm³/mol. The molecule has 0 atom stereocenters. The van der Waals surface area contributed by atoms with Crippen LogP contribution in [0.2, 0.25) is 0 Å². The van der Waals surface area contributed by atoms with Crippen LogP contribution < -0.4 is 4.90 Å². The highest BCUT2D eigenvalue weighted by Crippen LogP contribution is 2.18. The predicted octanol–water partition coefficient (Wildman–Crippen LogP) is 2.08. The topological polar surface area (TPSA) is 66.9 Å². The Morgan fingerprint density at radius 1 is 1.13 bits per heavy atom. The maximum atomic E-state index is 12.1. The summed E-state index contributed by atoms with van der Waals surface area (Å²) < 4.78 is 4.69. The van der Waals surface area contributed by atoms with Gasteiger partial charge < -0.3 is 14.5 Å². The monoisotopic (exact) mass is 320 g/mol. The lowest BCUT2D eigenvalue weighted by molar-refractivity contribution is -0.130. The summed E-state index contributed by atoms with van der Waals surface area (Å²) in [4.78, 5) is 38.8. The lowest BCUT2D eigenvalue weighted by atomic mass is 10.1. The van der Waals surface area contributed by atoms with Crippen molar-refractivity contribution < 1.29 is 19.1 Å². The van der Waals surface area contributed by atoms with E-state index in [2.05, 4.69) is 4.74 Å². The van der Waals surface area contributed by atoms with Gasteiger partial charge in [-0.25, -0.2) is 4.79 Å². The minimum absolute atomic E-state index is 0.00497. The quantitative estimate of drug-likeness (QED) is 0.722. The molecule has 23 heavy (non-hydrogen) atoms. The molecule has 126 valence electrons. The number of carbonyl (C=O) groups is 3. The number of nitrogens with zero attached hydrogens (tertiary/aromatic N) is 2. The number of ether oxygens (including phenoxy) is 1. The van der Waals surface area contributed by atoms with Crippen LogP contribution in [-0.4, -0.2) is 49.4 Å². The number of esters is 1. The Kier molecular flexibility index (Phi) is 7.25. The molecule has 6 nitrogen and oxygen atoms in total. The zero-order valence-electron chi connectivity index (χ0n) is 14.2. The molecule has 0 aliphatic heterocycles. The number of anilines is 1. The Morgan fingerprint density at radius 3 is 2.30 bits per heavy atom. The van der Waals surface area contributed by atoms with Crippen molar-refractivity contribution in [2.24, 2.45) is 0 Å². The molecule has 0 fully saturated rings. The second kappa shape index (κ2) is 8.92. The summed E-state index contributed by atoms with van der Waals surface area (Å²) in [5.41, 5.74) is 0.944. The third-order valence-corrected chi connectivity index (χ3v) is 3.62. The first kappa shape index (κ1) is 18.7. The van der Waals surface area contributed by atoms with E-state index in [4.69, 9.17) is 0 Å². The van der Waals surface area contributed by atoms with E-state index < -0.39 is 5.97 Å². The number of methoxy groups -OCH3 is 1. The summed E-state index contributed by atoms with van der Waals surface area (Å²) in [6.45, 7) is 6.84. The lowest BCUT2D eigenvalue weighted by Gasteiger charge is -2.24. The third-order valence-electron chi connectivity index (χ3n) is 3.62. The fourth-order valence-corrected chi connectivity index (χ4v) is 2.33. The molecule has 1 aromatic carbocycles. The first-order valence-electron chi connectivity index (χ1n) is 7.68. The Balaban J connectivity index is 2.89. The normalized spacial score (nSPS) is 10.1. The van der Waals surface area contributed by atoms with Crippen LogP contribution in [0.5, 0.6) is 0 Å². The van der Waals surface area contributed by atoms with Gasteiger partial charge in [-0.15, -0.1) is 0 Å². The molecular weight excluding hydrogens is 296 g/mol. The summed E-state index contributed by atoms with van der Waals surface area (Å²) in [6, 6.07) is 6.63. The van der Waals surface area contributed by atoms with E-state index in [1.807, 2.05) is 13.8 Å². The lowest BCUT2D eigenvalue weighted by Crippen LogP contribution is -2.36. The maximum Gasteiger partial charge on any atom is 0.337 e. The highest BCUT2D eigenvalue weighted by atomic mass is 16.5.